The average Bonchev–Trinajstić information content (AvgIpc) is 2.96. The second-order valence-corrected chi connectivity index (χ2v) is 12.6. The van der Waals surface area contributed by atoms with Crippen LogP contribution in [0, 0.1) is 6.92 Å². The fraction of sp³-hybridized carbons (Fsp3) is 0.417. The Balaban J connectivity index is 1.69. The Morgan fingerprint density at radius 1 is 1.13 bits per heavy atom. The normalized spacial score (nSPS) is 25.9. The molecule has 5 unspecified atom stereocenters. The molecule has 45 heavy (non-hydrogen) atoms. The number of ether oxygens (including phenoxy) is 4. The molecule has 1 aliphatic carbocycles. The lowest BCUT2D eigenvalue weighted by molar-refractivity contribution is -0.183. The van der Waals surface area contributed by atoms with Gasteiger partial charge in [-0.25, -0.2) is 0 Å². The molecule has 2 heterocycles. The summed E-state index contributed by atoms with van der Waals surface area (Å²) < 4.78 is 24.7. The number of hydrogen-bond acceptors (Lipinski definition) is 9. The highest BCUT2D eigenvalue weighted by molar-refractivity contribution is 6.30. The Labute approximate surface area is 264 Å². The highest BCUT2D eigenvalue weighted by atomic mass is 16.6. The van der Waals surface area contributed by atoms with Crippen LogP contribution in [0.15, 0.2) is 54.0 Å². The summed E-state index contributed by atoms with van der Waals surface area (Å²) in [4.78, 5) is 43.3. The van der Waals surface area contributed by atoms with Crippen molar-refractivity contribution in [3.05, 3.63) is 93.0 Å². The molecule has 0 aromatic heterocycles. The van der Waals surface area contributed by atoms with Crippen LogP contribution in [0.1, 0.15) is 109 Å². The Kier molecular flexibility index (Phi) is 8.42. The number of nitrogens with zero attached hydrogens (tertiary/aromatic N) is 1. The van der Waals surface area contributed by atoms with Gasteiger partial charge in [0.25, 0.3) is 0 Å². The zero-order chi connectivity index (χ0) is 33.1. The Bertz CT molecular complexity index is 1700. The minimum absolute atomic E-state index is 0.0207. The van der Waals surface area contributed by atoms with Crippen LogP contribution in [0.2, 0.25) is 0 Å². The number of rotatable bonds is 6. The molecule has 5 atom stereocenters. The first-order valence-electron chi connectivity index (χ1n) is 15.1. The first-order valence-corrected chi connectivity index (χ1v) is 15.1. The molecule has 1 N–H and O–H groups in total. The van der Waals surface area contributed by atoms with E-state index in [1.807, 2.05) is 40.9 Å². The van der Waals surface area contributed by atoms with Crippen molar-refractivity contribution in [2.45, 2.75) is 84.8 Å². The average molecular weight is 616 g/mol. The highest BCUT2D eigenvalue weighted by Crippen LogP contribution is 2.49. The van der Waals surface area contributed by atoms with E-state index >= 15 is 0 Å². The van der Waals surface area contributed by atoms with E-state index in [-0.39, 0.29) is 39.9 Å². The molecule has 0 amide bonds. The van der Waals surface area contributed by atoms with E-state index in [0.717, 1.165) is 5.57 Å². The number of aliphatic hydroxyl groups is 1. The molecule has 0 saturated carbocycles. The first-order chi connectivity index (χ1) is 21.1. The highest BCUT2D eigenvalue weighted by Gasteiger charge is 2.50. The van der Waals surface area contributed by atoms with Gasteiger partial charge in [0.05, 0.1) is 34.6 Å². The van der Waals surface area contributed by atoms with Gasteiger partial charge in [-0.3, -0.25) is 14.4 Å². The Morgan fingerprint density at radius 3 is 2.42 bits per heavy atom. The molecule has 9 heteroatoms. The van der Waals surface area contributed by atoms with Gasteiger partial charge >= 0.3 is 5.97 Å². The van der Waals surface area contributed by atoms with Crippen molar-refractivity contribution in [1.82, 2.24) is 4.90 Å². The van der Waals surface area contributed by atoms with Crippen molar-refractivity contribution in [3.63, 3.8) is 0 Å². The van der Waals surface area contributed by atoms with Crippen LogP contribution in [0.3, 0.4) is 0 Å². The third-order valence-electron chi connectivity index (χ3n) is 9.26. The van der Waals surface area contributed by atoms with Crippen LogP contribution in [-0.2, 0) is 14.3 Å². The largest absolute Gasteiger partial charge is 0.491 e. The van der Waals surface area contributed by atoms with Gasteiger partial charge in [0, 0.05) is 29.2 Å². The standard InChI is InChI=1S/C36H41NO8/c1-11-18(4)26-15-25(39)28-19(5)14-24-30(34(28)45-26)32(41)29-23(31(24)40)13-12-22(33(29)44-21(7)38)27-16-36(8,37(9)10)35(20(6)43-27)42-17(2)3/h11-15,20,25,27,35,39H,2,16H2,1,3-10H3. The minimum atomic E-state index is -1.05. The molecule has 238 valence electrons. The second kappa shape index (κ2) is 11.7. The fourth-order valence-corrected chi connectivity index (χ4v) is 6.63. The zero-order valence-electron chi connectivity index (χ0n) is 27.4. The summed E-state index contributed by atoms with van der Waals surface area (Å²) in [7, 11) is 3.92. The van der Waals surface area contributed by atoms with Crippen LogP contribution >= 0.6 is 0 Å². The maximum Gasteiger partial charge on any atom is 0.308 e. The number of esters is 1. The Hall–Kier alpha value is -4.05. The molecule has 0 radical (unpaired) electrons. The van der Waals surface area contributed by atoms with Crippen LogP contribution in [0.25, 0.3) is 0 Å². The first kappa shape index (κ1) is 32.3. The summed E-state index contributed by atoms with van der Waals surface area (Å²) >= 11 is 0. The van der Waals surface area contributed by atoms with Crippen molar-refractivity contribution >= 4 is 17.5 Å². The van der Waals surface area contributed by atoms with Crippen LogP contribution in [0.5, 0.6) is 11.5 Å². The summed E-state index contributed by atoms with van der Waals surface area (Å²) in [6.07, 6.45) is 1.41. The maximum absolute atomic E-state index is 14.6. The van der Waals surface area contributed by atoms with Gasteiger partial charge in [0.2, 0.25) is 5.78 Å². The molecular weight excluding hydrogens is 574 g/mol. The van der Waals surface area contributed by atoms with Crippen molar-refractivity contribution in [2.75, 3.05) is 14.1 Å². The number of carbonyl (C=O) groups excluding carboxylic acids is 3. The van der Waals surface area contributed by atoms with E-state index in [1.54, 1.807) is 38.1 Å². The summed E-state index contributed by atoms with van der Waals surface area (Å²) in [5, 5.41) is 11.1. The van der Waals surface area contributed by atoms with E-state index < -0.39 is 41.4 Å². The molecule has 2 aromatic rings. The summed E-state index contributed by atoms with van der Waals surface area (Å²) in [6.45, 7) is 16.4. The van der Waals surface area contributed by atoms with E-state index in [2.05, 4.69) is 18.4 Å². The number of aryl methyl sites for hydroxylation is 1. The van der Waals surface area contributed by atoms with Gasteiger partial charge in [-0.1, -0.05) is 18.7 Å². The maximum atomic E-state index is 14.6. The molecule has 1 fully saturated rings. The number of carbonyl (C=O) groups is 3. The lowest BCUT2D eigenvalue weighted by atomic mass is 9.76. The third kappa shape index (κ3) is 5.32. The summed E-state index contributed by atoms with van der Waals surface area (Å²) in [5.41, 5.74) is 1.99. The number of fused-ring (bicyclic) bond motifs is 4. The van der Waals surface area contributed by atoms with Gasteiger partial charge in [-0.15, -0.1) is 0 Å². The predicted octanol–water partition coefficient (Wildman–Crippen LogP) is 6.06. The topological polar surface area (TPSA) is 112 Å². The number of ketones is 2. The molecule has 2 aromatic carbocycles. The fourth-order valence-electron chi connectivity index (χ4n) is 6.63. The van der Waals surface area contributed by atoms with Crippen molar-refractivity contribution in [1.29, 1.82) is 0 Å². The molecule has 9 nitrogen and oxygen atoms in total. The lowest BCUT2D eigenvalue weighted by Crippen LogP contribution is -2.60. The van der Waals surface area contributed by atoms with E-state index in [9.17, 15) is 19.5 Å². The van der Waals surface area contributed by atoms with E-state index in [1.165, 1.54) is 6.92 Å². The molecule has 2 aliphatic heterocycles. The number of allylic oxidation sites excluding steroid dienone is 3. The number of hydrogen-bond donors (Lipinski definition) is 1. The SMILES string of the molecule is C=C(C)OC1C(C)OC(c2ccc3c(c2OC(C)=O)C(=O)c2c(cc(C)c4c2OC(C(C)=CC)=CC4O)C3=O)CC1(C)N(C)C. The van der Waals surface area contributed by atoms with Crippen molar-refractivity contribution < 1.29 is 38.4 Å². The quantitative estimate of drug-likeness (QED) is 0.201. The molecule has 0 bridgehead atoms. The number of benzene rings is 2. The van der Waals surface area contributed by atoms with E-state index in [4.69, 9.17) is 18.9 Å². The minimum Gasteiger partial charge on any atom is -0.491 e. The van der Waals surface area contributed by atoms with Gasteiger partial charge in [-0.05, 0) is 91.4 Å². The third-order valence-corrected chi connectivity index (χ3v) is 9.26. The summed E-state index contributed by atoms with van der Waals surface area (Å²) in [6, 6.07) is 4.90. The van der Waals surface area contributed by atoms with Gasteiger partial charge in [0.15, 0.2) is 5.78 Å². The van der Waals surface area contributed by atoms with Crippen molar-refractivity contribution in [2.24, 2.45) is 0 Å². The van der Waals surface area contributed by atoms with Gasteiger partial charge in [-0.2, -0.15) is 0 Å². The van der Waals surface area contributed by atoms with Crippen LogP contribution in [-0.4, -0.2) is 59.4 Å². The lowest BCUT2D eigenvalue weighted by Gasteiger charge is -2.51. The Morgan fingerprint density at radius 2 is 1.82 bits per heavy atom. The molecular formula is C36H41NO8. The smallest absolute Gasteiger partial charge is 0.308 e. The molecule has 3 aliphatic rings. The summed E-state index contributed by atoms with van der Waals surface area (Å²) in [5.74, 6) is -0.534. The van der Waals surface area contributed by atoms with Crippen LogP contribution < -0.4 is 9.47 Å². The predicted molar refractivity (Wildman–Crippen MR) is 169 cm³/mol. The second-order valence-electron chi connectivity index (χ2n) is 12.6. The molecule has 0 spiro atoms. The van der Waals surface area contributed by atoms with Gasteiger partial charge in [0.1, 0.15) is 29.5 Å². The van der Waals surface area contributed by atoms with Crippen LogP contribution in [0.4, 0.5) is 0 Å². The molecule has 1 saturated heterocycles. The van der Waals surface area contributed by atoms with Gasteiger partial charge < -0.3 is 29.0 Å². The monoisotopic (exact) mass is 615 g/mol. The van der Waals surface area contributed by atoms with Crippen molar-refractivity contribution in [3.8, 4) is 11.5 Å². The number of likely N-dealkylation sites (N-methyl/N-ethyl adjacent to an activating group) is 1. The number of aliphatic hydroxyl groups excluding tert-OH is 1. The van der Waals surface area contributed by atoms with E-state index in [0.29, 0.717) is 34.6 Å². The molecule has 5 rings (SSSR count). The zero-order valence-corrected chi connectivity index (χ0v) is 27.4.